The number of rotatable bonds is 2. The normalized spacial score (nSPS) is 10.7. The van der Waals surface area contributed by atoms with Crippen molar-refractivity contribution >= 4 is 39.3 Å². The van der Waals surface area contributed by atoms with Gasteiger partial charge in [0.05, 0.1) is 16.1 Å². The van der Waals surface area contributed by atoms with Crippen LogP contribution in [0.2, 0.25) is 0 Å². The second kappa shape index (κ2) is 3.67. The number of hydrogen-bond acceptors (Lipinski definition) is 2. The number of benzene rings is 1. The van der Waals surface area contributed by atoms with Crippen LogP contribution in [0.5, 0.6) is 0 Å². The van der Waals surface area contributed by atoms with E-state index in [1.165, 1.54) is 17.4 Å². The molecule has 0 bridgehead atoms. The number of halogens is 2. The Balaban J connectivity index is 2.74. The van der Waals surface area contributed by atoms with Crippen molar-refractivity contribution in [3.63, 3.8) is 0 Å². The molecule has 1 nitrogen and oxygen atoms in total. The Bertz CT molecular complexity index is 492. The average molecular weight is 229 g/mol. The Morgan fingerprint density at radius 3 is 2.93 bits per heavy atom. The summed E-state index contributed by atoms with van der Waals surface area (Å²) in [6.07, 6.45) is 0.523. The van der Waals surface area contributed by atoms with E-state index in [0.29, 0.717) is 16.9 Å². The molecule has 0 saturated heterocycles. The van der Waals surface area contributed by atoms with Gasteiger partial charge in [-0.3, -0.25) is 4.79 Å². The maximum absolute atomic E-state index is 13.6. The molecule has 0 N–H and O–H groups in total. The Hall–Kier alpha value is -0.930. The summed E-state index contributed by atoms with van der Waals surface area (Å²) in [5.74, 6) is -0.0752. The number of carbonyl (C=O) groups excluding carboxylic acids is 1. The van der Waals surface area contributed by atoms with Gasteiger partial charge in [0.25, 0.3) is 0 Å². The van der Waals surface area contributed by atoms with Crippen molar-refractivity contribution < 1.29 is 9.18 Å². The van der Waals surface area contributed by atoms with Crippen LogP contribution in [0.3, 0.4) is 0 Å². The topological polar surface area (TPSA) is 17.1 Å². The van der Waals surface area contributed by atoms with E-state index in [1.54, 1.807) is 6.07 Å². The molecule has 1 aromatic carbocycles. The van der Waals surface area contributed by atoms with Gasteiger partial charge in [-0.05, 0) is 17.5 Å². The molecule has 0 aliphatic rings. The maximum atomic E-state index is 13.6. The van der Waals surface area contributed by atoms with Crippen LogP contribution < -0.4 is 0 Å². The minimum absolute atomic E-state index is 0.0977. The second-order valence-electron chi connectivity index (χ2n) is 2.85. The molecule has 0 unspecified atom stereocenters. The zero-order chi connectivity index (χ0) is 10.1. The number of thiophene rings is 1. The zero-order valence-electron chi connectivity index (χ0n) is 7.09. The van der Waals surface area contributed by atoms with Gasteiger partial charge in [-0.15, -0.1) is 22.9 Å². The highest BCUT2D eigenvalue weighted by atomic mass is 35.5. The van der Waals surface area contributed by atoms with Crippen molar-refractivity contribution in [2.24, 2.45) is 0 Å². The summed E-state index contributed by atoms with van der Waals surface area (Å²) < 4.78 is 14.1. The molecule has 0 amide bonds. The number of carbonyl (C=O) groups is 1. The lowest BCUT2D eigenvalue weighted by Crippen LogP contribution is -1.85. The molecule has 4 heteroatoms. The molecule has 72 valence electrons. The summed E-state index contributed by atoms with van der Waals surface area (Å²) in [6.45, 7) is 0. The second-order valence-corrected chi connectivity index (χ2v) is 4.26. The van der Waals surface area contributed by atoms with E-state index < -0.39 is 5.82 Å². The van der Waals surface area contributed by atoms with Gasteiger partial charge >= 0.3 is 0 Å². The van der Waals surface area contributed by atoms with Gasteiger partial charge in [0, 0.05) is 4.88 Å². The summed E-state index contributed by atoms with van der Waals surface area (Å²) in [4.78, 5) is 11.4. The highest BCUT2D eigenvalue weighted by molar-refractivity contribution is 7.19. The van der Waals surface area contributed by atoms with Crippen molar-refractivity contribution in [1.82, 2.24) is 0 Å². The van der Waals surface area contributed by atoms with Gasteiger partial charge < -0.3 is 0 Å². The van der Waals surface area contributed by atoms with Crippen LogP contribution in [0.15, 0.2) is 18.2 Å². The third kappa shape index (κ3) is 1.42. The molecule has 2 aromatic rings. The van der Waals surface area contributed by atoms with Crippen LogP contribution in [-0.2, 0) is 5.88 Å². The largest absolute Gasteiger partial charge is 0.298 e. The fraction of sp³-hybridized carbons (Fsp3) is 0.100. The Morgan fingerprint density at radius 2 is 2.29 bits per heavy atom. The van der Waals surface area contributed by atoms with E-state index in [4.69, 9.17) is 11.6 Å². The van der Waals surface area contributed by atoms with Crippen LogP contribution >= 0.6 is 22.9 Å². The first-order valence-electron chi connectivity index (χ1n) is 3.98. The predicted octanol–water partition coefficient (Wildman–Crippen LogP) is 3.59. The Morgan fingerprint density at radius 1 is 1.50 bits per heavy atom. The lowest BCUT2D eigenvalue weighted by molar-refractivity contribution is 0.112. The molecular weight excluding hydrogens is 223 g/mol. The van der Waals surface area contributed by atoms with Crippen LogP contribution in [0.25, 0.3) is 10.1 Å². The summed E-state index contributed by atoms with van der Waals surface area (Å²) in [6, 6.07) is 5.05. The van der Waals surface area contributed by atoms with Crippen molar-refractivity contribution in [3.8, 4) is 0 Å². The maximum Gasteiger partial charge on any atom is 0.153 e. The molecular formula is C10H6ClFOS. The Kier molecular flexibility index (Phi) is 2.52. The first-order valence-corrected chi connectivity index (χ1v) is 5.33. The molecule has 0 spiro atoms. The van der Waals surface area contributed by atoms with Crippen molar-refractivity contribution in [3.05, 3.63) is 34.5 Å². The van der Waals surface area contributed by atoms with Crippen molar-refractivity contribution in [2.75, 3.05) is 0 Å². The van der Waals surface area contributed by atoms with Gasteiger partial charge in [-0.2, -0.15) is 0 Å². The van der Waals surface area contributed by atoms with Gasteiger partial charge in [0.15, 0.2) is 12.1 Å². The quantitative estimate of drug-likeness (QED) is 0.567. The van der Waals surface area contributed by atoms with Crippen LogP contribution in [0.1, 0.15) is 15.2 Å². The first kappa shape index (κ1) is 9.62. The lowest BCUT2D eigenvalue weighted by Gasteiger charge is -1.94. The number of alkyl halides is 1. The van der Waals surface area contributed by atoms with Crippen LogP contribution in [0, 0.1) is 5.82 Å². The molecule has 0 aliphatic heterocycles. The molecule has 14 heavy (non-hydrogen) atoms. The smallest absolute Gasteiger partial charge is 0.153 e. The number of hydrogen-bond donors (Lipinski definition) is 0. The van der Waals surface area contributed by atoms with Crippen LogP contribution in [0.4, 0.5) is 4.39 Å². The third-order valence-corrected chi connectivity index (χ3v) is 3.56. The van der Waals surface area contributed by atoms with Gasteiger partial charge in [-0.25, -0.2) is 4.39 Å². The first-order chi connectivity index (χ1) is 6.76. The van der Waals surface area contributed by atoms with Gasteiger partial charge in [0.1, 0.15) is 0 Å². The summed E-state index contributed by atoms with van der Waals surface area (Å²) in [7, 11) is 0. The van der Waals surface area contributed by atoms with Gasteiger partial charge in [0.2, 0.25) is 0 Å². The van der Waals surface area contributed by atoms with Crippen molar-refractivity contribution in [2.45, 2.75) is 5.88 Å². The molecule has 2 rings (SSSR count). The summed E-state index contributed by atoms with van der Waals surface area (Å²) >= 11 is 6.93. The highest BCUT2D eigenvalue weighted by Gasteiger charge is 2.09. The van der Waals surface area contributed by atoms with E-state index in [0.717, 1.165) is 10.3 Å². The molecule has 0 atom stereocenters. The van der Waals surface area contributed by atoms with E-state index in [9.17, 15) is 9.18 Å². The fourth-order valence-electron chi connectivity index (χ4n) is 1.29. The number of aldehydes is 1. The molecule has 1 heterocycles. The minimum atomic E-state index is -0.445. The standard InChI is InChI=1S/C10H6ClFOS/c11-4-8-3-6-1-2-7(5-13)9(12)10(6)14-8/h1-3,5H,4H2. The lowest BCUT2D eigenvalue weighted by atomic mass is 10.2. The van der Waals surface area contributed by atoms with Gasteiger partial charge in [-0.1, -0.05) is 6.07 Å². The molecule has 0 fully saturated rings. The van der Waals surface area contributed by atoms with E-state index in [-0.39, 0.29) is 5.56 Å². The highest BCUT2D eigenvalue weighted by Crippen LogP contribution is 2.30. The van der Waals surface area contributed by atoms with E-state index in [2.05, 4.69) is 0 Å². The summed E-state index contributed by atoms with van der Waals surface area (Å²) in [5.41, 5.74) is 0.0977. The monoisotopic (exact) mass is 228 g/mol. The predicted molar refractivity (Wildman–Crippen MR) is 56.7 cm³/mol. The molecule has 1 aromatic heterocycles. The molecule has 0 saturated carbocycles. The minimum Gasteiger partial charge on any atom is -0.298 e. The van der Waals surface area contributed by atoms with Crippen LogP contribution in [-0.4, -0.2) is 6.29 Å². The molecule has 0 radical (unpaired) electrons. The third-order valence-electron chi connectivity index (χ3n) is 1.97. The number of fused-ring (bicyclic) bond motifs is 1. The van der Waals surface area contributed by atoms with E-state index >= 15 is 0 Å². The zero-order valence-corrected chi connectivity index (χ0v) is 8.66. The van der Waals surface area contributed by atoms with Crippen molar-refractivity contribution in [1.29, 1.82) is 0 Å². The Labute approximate surface area is 89.1 Å². The summed E-state index contributed by atoms with van der Waals surface area (Å²) in [5, 5.41) is 0.800. The van der Waals surface area contributed by atoms with E-state index in [1.807, 2.05) is 6.07 Å². The molecule has 0 aliphatic carbocycles. The average Bonchev–Trinajstić information content (AvgIpc) is 2.62. The fourth-order valence-corrected chi connectivity index (χ4v) is 2.49. The SMILES string of the molecule is O=Cc1ccc2cc(CCl)sc2c1F.